The first-order chi connectivity index (χ1) is 28.0. The molecule has 1 aliphatic rings. The Hall–Kier alpha value is -4.10. The van der Waals surface area contributed by atoms with E-state index in [-0.39, 0.29) is 16.2 Å². The Balaban J connectivity index is 1.34. The Morgan fingerprint density at radius 1 is 0.448 bits per heavy atom. The molecule has 0 saturated heterocycles. The topological polar surface area (TPSA) is 3.24 Å². The third-order valence-corrected chi connectivity index (χ3v) is 13.7. The van der Waals surface area contributed by atoms with Crippen LogP contribution in [0.1, 0.15) is 180 Å². The highest BCUT2D eigenvalue weighted by Gasteiger charge is 2.40. The first-order valence-electron chi connectivity index (χ1n) is 23.4. The summed E-state index contributed by atoms with van der Waals surface area (Å²) < 4.78 is 0. The lowest BCUT2D eigenvalue weighted by Crippen LogP contribution is -2.23. The molecule has 1 nitrogen and oxygen atoms in total. The summed E-state index contributed by atoms with van der Waals surface area (Å²) in [5.41, 5.74) is 16.8. The van der Waals surface area contributed by atoms with Crippen molar-refractivity contribution in [1.82, 2.24) is 0 Å². The minimum Gasteiger partial charge on any atom is -0.311 e. The van der Waals surface area contributed by atoms with Crippen LogP contribution >= 0.6 is 0 Å². The van der Waals surface area contributed by atoms with Crippen molar-refractivity contribution in [2.45, 2.75) is 175 Å². The first kappa shape index (κ1) is 43.5. The predicted molar refractivity (Wildman–Crippen MR) is 256 cm³/mol. The second-order valence-corrected chi connectivity index (χ2v) is 19.2. The van der Waals surface area contributed by atoms with Crippen molar-refractivity contribution >= 4 is 17.1 Å². The molecule has 0 aromatic heterocycles. The normalized spacial score (nSPS) is 15.1. The number of nitrogens with zero attached hydrogens (tertiary/aromatic N) is 1. The van der Waals surface area contributed by atoms with E-state index in [1.165, 1.54) is 151 Å². The van der Waals surface area contributed by atoms with Crippen molar-refractivity contribution < 1.29 is 0 Å². The molecule has 308 valence electrons. The molecular weight excluding hydrogens is 699 g/mol. The zero-order chi connectivity index (χ0) is 41.3. The number of hydrogen-bond donors (Lipinski definition) is 0. The number of benzene rings is 5. The third-order valence-electron chi connectivity index (χ3n) is 13.7. The Kier molecular flexibility index (Phi) is 14.5. The van der Waals surface area contributed by atoms with Crippen molar-refractivity contribution in [3.8, 4) is 22.3 Å². The van der Waals surface area contributed by atoms with Gasteiger partial charge in [0.15, 0.2) is 0 Å². The molecule has 0 aliphatic heterocycles. The number of anilines is 3. The average Bonchev–Trinajstić information content (AvgIpc) is 3.48. The van der Waals surface area contributed by atoms with Gasteiger partial charge >= 0.3 is 0 Å². The summed E-state index contributed by atoms with van der Waals surface area (Å²) in [6.45, 7) is 21.4. The van der Waals surface area contributed by atoms with Gasteiger partial charge in [-0.1, -0.05) is 193 Å². The molecule has 1 unspecified atom stereocenters. The van der Waals surface area contributed by atoms with Crippen LogP contribution < -0.4 is 4.90 Å². The molecule has 6 rings (SSSR count). The van der Waals surface area contributed by atoms with Crippen LogP contribution in [0.4, 0.5) is 17.1 Å². The maximum absolute atomic E-state index is 2.61. The summed E-state index contributed by atoms with van der Waals surface area (Å²) >= 11 is 0. The first-order valence-corrected chi connectivity index (χ1v) is 23.4. The fourth-order valence-electron chi connectivity index (χ4n) is 9.78. The molecule has 0 saturated carbocycles. The smallest absolute Gasteiger partial charge is 0.0462 e. The van der Waals surface area contributed by atoms with Crippen molar-refractivity contribution in [1.29, 1.82) is 0 Å². The maximum Gasteiger partial charge on any atom is 0.0462 e. The highest BCUT2D eigenvalue weighted by molar-refractivity contribution is 5.85. The van der Waals surface area contributed by atoms with Gasteiger partial charge in [0, 0.05) is 22.5 Å². The van der Waals surface area contributed by atoms with Gasteiger partial charge in [-0.2, -0.15) is 0 Å². The molecule has 5 aromatic carbocycles. The number of rotatable bonds is 21. The fraction of sp³-hybridized carbons (Fsp3) is 0.474. The van der Waals surface area contributed by atoms with E-state index in [0.29, 0.717) is 0 Å². The van der Waals surface area contributed by atoms with Gasteiger partial charge in [-0.3, -0.25) is 0 Å². The second kappa shape index (κ2) is 19.3. The molecule has 0 fully saturated rings. The highest BCUT2D eigenvalue weighted by Crippen LogP contribution is 2.53. The summed E-state index contributed by atoms with van der Waals surface area (Å²) in [6, 6.07) is 42.8. The van der Waals surface area contributed by atoms with Gasteiger partial charge in [0.2, 0.25) is 0 Å². The van der Waals surface area contributed by atoms with Crippen LogP contribution in [0.25, 0.3) is 22.3 Å². The minimum atomic E-state index is 0.000167. The van der Waals surface area contributed by atoms with E-state index in [4.69, 9.17) is 0 Å². The Morgan fingerprint density at radius 2 is 0.948 bits per heavy atom. The predicted octanol–water partition coefficient (Wildman–Crippen LogP) is 17.7. The minimum absolute atomic E-state index is 0.000167. The van der Waals surface area contributed by atoms with E-state index in [1.807, 2.05) is 0 Å². The van der Waals surface area contributed by atoms with Crippen LogP contribution in [-0.2, 0) is 22.7 Å². The lowest BCUT2D eigenvalue weighted by molar-refractivity contribution is 0.453. The van der Waals surface area contributed by atoms with Crippen LogP contribution in [0.15, 0.2) is 109 Å². The fourth-order valence-corrected chi connectivity index (χ4v) is 9.78. The molecule has 0 heterocycles. The number of hydrogen-bond acceptors (Lipinski definition) is 1. The number of unbranched alkanes of at least 4 members (excludes halogenated alkanes) is 7. The van der Waals surface area contributed by atoms with Gasteiger partial charge in [0.1, 0.15) is 0 Å². The zero-order valence-corrected chi connectivity index (χ0v) is 37.9. The molecule has 0 amide bonds. The lowest BCUT2D eigenvalue weighted by Gasteiger charge is -2.31. The molecule has 0 spiro atoms. The van der Waals surface area contributed by atoms with Crippen LogP contribution in [0.2, 0.25) is 0 Å². The molecule has 58 heavy (non-hydrogen) atoms. The zero-order valence-electron chi connectivity index (χ0n) is 37.9. The van der Waals surface area contributed by atoms with E-state index in [1.54, 1.807) is 5.56 Å². The van der Waals surface area contributed by atoms with Gasteiger partial charge in [0.05, 0.1) is 0 Å². The summed E-state index contributed by atoms with van der Waals surface area (Å²) in [5.74, 6) is 0. The standard InChI is InChI=1S/C57H75N/c1-10-14-17-18-19-20-40-57(9)53-41-45(26-36-51(53)52-37-29-47(42-54(52)57)56(7,8)39-16-12-3)44-24-32-49(33-25-44)58(48-30-22-43(23-31-48)21-15-11-2)50-34-27-46(28-35-50)55(5,6)38-13-4/h22-37,41-42H,10-21,38-40H2,1-9H3. The summed E-state index contributed by atoms with van der Waals surface area (Å²) in [4.78, 5) is 2.43. The average molecular weight is 774 g/mol. The summed E-state index contributed by atoms with van der Waals surface area (Å²) in [5, 5.41) is 0. The van der Waals surface area contributed by atoms with Gasteiger partial charge < -0.3 is 4.90 Å². The van der Waals surface area contributed by atoms with E-state index < -0.39 is 0 Å². The molecule has 0 radical (unpaired) electrons. The van der Waals surface area contributed by atoms with Gasteiger partial charge in [-0.25, -0.2) is 0 Å². The monoisotopic (exact) mass is 774 g/mol. The molecular formula is C57H75N. The largest absolute Gasteiger partial charge is 0.311 e. The Bertz CT molecular complexity index is 2050. The maximum atomic E-state index is 2.61. The molecule has 0 N–H and O–H groups in total. The van der Waals surface area contributed by atoms with Gasteiger partial charge in [-0.15, -0.1) is 0 Å². The summed E-state index contributed by atoms with van der Waals surface area (Å²) in [6.07, 6.45) is 18.8. The summed E-state index contributed by atoms with van der Waals surface area (Å²) in [7, 11) is 0. The molecule has 0 bridgehead atoms. The van der Waals surface area contributed by atoms with E-state index >= 15 is 0 Å². The van der Waals surface area contributed by atoms with Crippen molar-refractivity contribution in [3.63, 3.8) is 0 Å². The van der Waals surface area contributed by atoms with Crippen LogP contribution in [0.5, 0.6) is 0 Å². The van der Waals surface area contributed by atoms with Gasteiger partial charge in [-0.05, 0) is 135 Å². The van der Waals surface area contributed by atoms with Crippen molar-refractivity contribution in [2.24, 2.45) is 0 Å². The SMILES string of the molecule is CCCCCCCCC1(C)c2cc(-c3ccc(N(c4ccc(CCCC)cc4)c4ccc(C(C)(C)CCC)cc4)cc3)ccc2-c2ccc(C(C)(C)CCCC)cc21. The Labute approximate surface area is 354 Å². The lowest BCUT2D eigenvalue weighted by atomic mass is 9.73. The van der Waals surface area contributed by atoms with E-state index in [2.05, 4.69) is 176 Å². The van der Waals surface area contributed by atoms with Crippen molar-refractivity contribution in [2.75, 3.05) is 4.90 Å². The molecule has 1 atom stereocenters. The number of fused-ring (bicyclic) bond motifs is 3. The molecule has 1 aliphatic carbocycles. The van der Waals surface area contributed by atoms with Crippen LogP contribution in [0, 0.1) is 0 Å². The molecule has 1 heteroatoms. The van der Waals surface area contributed by atoms with Crippen LogP contribution in [0.3, 0.4) is 0 Å². The Morgan fingerprint density at radius 3 is 1.57 bits per heavy atom. The van der Waals surface area contributed by atoms with Crippen molar-refractivity contribution in [3.05, 3.63) is 137 Å². The third kappa shape index (κ3) is 9.67. The highest BCUT2D eigenvalue weighted by atomic mass is 15.1. The van der Waals surface area contributed by atoms with E-state index in [0.717, 1.165) is 6.42 Å². The number of aryl methyl sites for hydroxylation is 1. The van der Waals surface area contributed by atoms with Crippen LogP contribution in [-0.4, -0.2) is 0 Å². The molecule has 5 aromatic rings. The second-order valence-electron chi connectivity index (χ2n) is 19.2. The van der Waals surface area contributed by atoms with E-state index in [9.17, 15) is 0 Å². The quantitative estimate of drug-likeness (QED) is 0.0671. The van der Waals surface area contributed by atoms with Gasteiger partial charge in [0.25, 0.3) is 0 Å².